The van der Waals surface area contributed by atoms with E-state index >= 15 is 0 Å². The SMILES string of the molecule is O=[N+]([O-])c1c(Cl)ncnc1N1CCN(Cc2ccccc2)CC1. The number of halogens is 1. The Balaban J connectivity index is 1.68. The van der Waals surface area contributed by atoms with Gasteiger partial charge in [0.15, 0.2) is 0 Å². The Morgan fingerprint density at radius 1 is 1.13 bits per heavy atom. The van der Waals surface area contributed by atoms with Crippen molar-refractivity contribution in [2.75, 3.05) is 31.1 Å². The van der Waals surface area contributed by atoms with Crippen LogP contribution in [0.3, 0.4) is 0 Å². The van der Waals surface area contributed by atoms with Crippen LogP contribution >= 0.6 is 11.6 Å². The van der Waals surface area contributed by atoms with Gasteiger partial charge in [0, 0.05) is 32.7 Å². The van der Waals surface area contributed by atoms with Gasteiger partial charge in [0.05, 0.1) is 4.92 Å². The van der Waals surface area contributed by atoms with E-state index in [1.54, 1.807) is 0 Å². The van der Waals surface area contributed by atoms with Crippen LogP contribution in [0.1, 0.15) is 5.56 Å². The van der Waals surface area contributed by atoms with Gasteiger partial charge >= 0.3 is 5.69 Å². The largest absolute Gasteiger partial charge is 0.348 e. The van der Waals surface area contributed by atoms with E-state index in [4.69, 9.17) is 11.6 Å². The number of aromatic nitrogens is 2. The number of hydrogen-bond acceptors (Lipinski definition) is 6. The molecule has 0 spiro atoms. The number of nitro groups is 1. The number of piperazine rings is 1. The normalized spacial score (nSPS) is 15.6. The van der Waals surface area contributed by atoms with Crippen LogP contribution in [0, 0.1) is 10.1 Å². The average molecular weight is 334 g/mol. The first-order valence-electron chi connectivity index (χ1n) is 7.31. The van der Waals surface area contributed by atoms with E-state index in [9.17, 15) is 10.1 Å². The molecule has 7 nitrogen and oxygen atoms in total. The summed E-state index contributed by atoms with van der Waals surface area (Å²) in [4.78, 5) is 22.7. The molecule has 1 aliphatic rings. The minimum Gasteiger partial charge on any atom is -0.348 e. The Morgan fingerprint density at radius 2 is 1.83 bits per heavy atom. The van der Waals surface area contributed by atoms with Crippen molar-refractivity contribution in [3.63, 3.8) is 0 Å². The van der Waals surface area contributed by atoms with Crippen molar-refractivity contribution in [1.82, 2.24) is 14.9 Å². The smallest absolute Gasteiger partial charge is 0.348 e. The third-order valence-corrected chi connectivity index (χ3v) is 4.14. The Morgan fingerprint density at radius 3 is 2.48 bits per heavy atom. The molecule has 1 saturated heterocycles. The molecule has 1 aromatic heterocycles. The standard InChI is InChI=1S/C15H16ClN5O2/c16-14-13(21(22)23)15(18-11-17-14)20-8-6-19(7-9-20)10-12-4-2-1-3-5-12/h1-5,11H,6-10H2. The summed E-state index contributed by atoms with van der Waals surface area (Å²) >= 11 is 5.85. The molecule has 120 valence electrons. The highest BCUT2D eigenvalue weighted by atomic mass is 35.5. The first-order valence-corrected chi connectivity index (χ1v) is 7.69. The number of nitrogens with zero attached hydrogens (tertiary/aromatic N) is 5. The van der Waals surface area contributed by atoms with Crippen LogP contribution in [0.2, 0.25) is 5.15 Å². The molecule has 2 heterocycles. The minimum atomic E-state index is -0.520. The molecule has 0 N–H and O–H groups in total. The number of anilines is 1. The molecule has 0 unspecified atom stereocenters. The van der Waals surface area contributed by atoms with Crippen molar-refractivity contribution in [2.45, 2.75) is 6.54 Å². The molecule has 1 fully saturated rings. The fourth-order valence-corrected chi connectivity index (χ4v) is 2.89. The van der Waals surface area contributed by atoms with E-state index in [-0.39, 0.29) is 10.8 Å². The van der Waals surface area contributed by atoms with Gasteiger partial charge in [-0.15, -0.1) is 0 Å². The molecular formula is C15H16ClN5O2. The van der Waals surface area contributed by atoms with E-state index in [0.717, 1.165) is 19.6 Å². The molecule has 1 aliphatic heterocycles. The van der Waals surface area contributed by atoms with Crippen molar-refractivity contribution in [3.05, 3.63) is 57.5 Å². The molecule has 0 amide bonds. The number of benzene rings is 1. The first-order chi connectivity index (χ1) is 11.1. The fourth-order valence-electron chi connectivity index (χ4n) is 2.70. The Hall–Kier alpha value is -2.25. The lowest BCUT2D eigenvalue weighted by molar-refractivity contribution is -0.384. The molecule has 0 bridgehead atoms. The van der Waals surface area contributed by atoms with E-state index in [1.165, 1.54) is 11.9 Å². The van der Waals surface area contributed by atoms with Crippen LogP contribution in [0.4, 0.5) is 11.5 Å². The Labute approximate surface area is 138 Å². The zero-order chi connectivity index (χ0) is 16.2. The molecule has 0 saturated carbocycles. The van der Waals surface area contributed by atoms with Crippen LogP contribution in [0.25, 0.3) is 0 Å². The van der Waals surface area contributed by atoms with Crippen molar-refractivity contribution >= 4 is 23.1 Å². The van der Waals surface area contributed by atoms with E-state index in [2.05, 4.69) is 27.0 Å². The zero-order valence-electron chi connectivity index (χ0n) is 12.4. The van der Waals surface area contributed by atoms with E-state index in [1.807, 2.05) is 23.1 Å². The van der Waals surface area contributed by atoms with Crippen LogP contribution in [-0.2, 0) is 6.54 Å². The summed E-state index contributed by atoms with van der Waals surface area (Å²) < 4.78 is 0. The first kappa shape index (κ1) is 15.6. The summed E-state index contributed by atoms with van der Waals surface area (Å²) in [7, 11) is 0. The molecule has 0 radical (unpaired) electrons. The average Bonchev–Trinajstić information content (AvgIpc) is 2.56. The molecule has 8 heteroatoms. The van der Waals surface area contributed by atoms with Gasteiger partial charge < -0.3 is 4.90 Å². The second-order valence-electron chi connectivity index (χ2n) is 5.34. The van der Waals surface area contributed by atoms with E-state index < -0.39 is 4.92 Å². The van der Waals surface area contributed by atoms with Gasteiger partial charge in [-0.3, -0.25) is 15.0 Å². The van der Waals surface area contributed by atoms with Crippen molar-refractivity contribution in [2.24, 2.45) is 0 Å². The molecule has 0 atom stereocenters. The van der Waals surface area contributed by atoms with Crippen molar-refractivity contribution in [3.8, 4) is 0 Å². The second-order valence-corrected chi connectivity index (χ2v) is 5.70. The summed E-state index contributed by atoms with van der Waals surface area (Å²) in [5.74, 6) is 0.300. The molecule has 1 aromatic carbocycles. The highest BCUT2D eigenvalue weighted by Crippen LogP contribution is 2.31. The van der Waals surface area contributed by atoms with Crippen LogP contribution in [0.15, 0.2) is 36.7 Å². The minimum absolute atomic E-state index is 0.119. The summed E-state index contributed by atoms with van der Waals surface area (Å²) in [6.45, 7) is 3.84. The topological polar surface area (TPSA) is 75.4 Å². The summed E-state index contributed by atoms with van der Waals surface area (Å²) in [6, 6.07) is 10.2. The van der Waals surface area contributed by atoms with Gasteiger partial charge in [-0.25, -0.2) is 9.97 Å². The van der Waals surface area contributed by atoms with Crippen LogP contribution < -0.4 is 4.90 Å². The predicted octanol–water partition coefficient (Wildman–Crippen LogP) is 2.36. The molecule has 2 aromatic rings. The highest BCUT2D eigenvalue weighted by molar-refractivity contribution is 6.31. The third-order valence-electron chi connectivity index (χ3n) is 3.86. The molecule has 23 heavy (non-hydrogen) atoms. The maximum absolute atomic E-state index is 11.2. The number of hydrogen-bond donors (Lipinski definition) is 0. The Kier molecular flexibility index (Phi) is 4.68. The summed E-state index contributed by atoms with van der Waals surface area (Å²) in [6.07, 6.45) is 1.26. The van der Waals surface area contributed by atoms with Gasteiger partial charge in [-0.1, -0.05) is 41.9 Å². The zero-order valence-corrected chi connectivity index (χ0v) is 13.2. The molecular weight excluding hydrogens is 318 g/mol. The molecule has 3 rings (SSSR count). The maximum atomic E-state index is 11.2. The van der Waals surface area contributed by atoms with Gasteiger partial charge in [0.1, 0.15) is 6.33 Å². The maximum Gasteiger partial charge on any atom is 0.348 e. The lowest BCUT2D eigenvalue weighted by Gasteiger charge is -2.35. The Bertz CT molecular complexity index is 690. The predicted molar refractivity (Wildman–Crippen MR) is 87.6 cm³/mol. The quantitative estimate of drug-likeness (QED) is 0.486. The van der Waals surface area contributed by atoms with Crippen LogP contribution in [0.5, 0.6) is 0 Å². The fraction of sp³-hybridized carbons (Fsp3) is 0.333. The lowest BCUT2D eigenvalue weighted by Crippen LogP contribution is -2.46. The van der Waals surface area contributed by atoms with E-state index in [0.29, 0.717) is 18.9 Å². The number of rotatable bonds is 4. The molecule has 0 aliphatic carbocycles. The summed E-state index contributed by atoms with van der Waals surface area (Å²) in [5.41, 5.74) is 1.04. The van der Waals surface area contributed by atoms with Gasteiger partial charge in [-0.2, -0.15) is 0 Å². The van der Waals surface area contributed by atoms with Gasteiger partial charge in [-0.05, 0) is 5.56 Å². The lowest BCUT2D eigenvalue weighted by atomic mass is 10.2. The van der Waals surface area contributed by atoms with Gasteiger partial charge in [0.25, 0.3) is 0 Å². The summed E-state index contributed by atoms with van der Waals surface area (Å²) in [5, 5.41) is 11.1. The van der Waals surface area contributed by atoms with Crippen molar-refractivity contribution < 1.29 is 4.92 Å². The second kappa shape index (κ2) is 6.89. The van der Waals surface area contributed by atoms with Gasteiger partial charge in [0.2, 0.25) is 11.0 Å². The monoisotopic (exact) mass is 333 g/mol. The van der Waals surface area contributed by atoms with Crippen molar-refractivity contribution in [1.29, 1.82) is 0 Å². The third kappa shape index (κ3) is 3.57. The highest BCUT2D eigenvalue weighted by Gasteiger charge is 2.28. The van der Waals surface area contributed by atoms with Crippen LogP contribution in [-0.4, -0.2) is 46.0 Å².